The molecule has 0 spiro atoms. The molecule has 0 unspecified atom stereocenters. The number of hydrogen-bond acceptors (Lipinski definition) is 5. The van der Waals surface area contributed by atoms with Crippen molar-refractivity contribution < 1.29 is 4.92 Å². The quantitative estimate of drug-likeness (QED) is 0.621. The molecule has 0 bridgehead atoms. The second kappa shape index (κ2) is 4.31. The Balaban J connectivity index is 2.53. The van der Waals surface area contributed by atoms with Gasteiger partial charge in [0.25, 0.3) is 0 Å². The number of halogens is 1. The van der Waals surface area contributed by atoms with Crippen molar-refractivity contribution in [2.45, 2.75) is 0 Å². The molecule has 0 aliphatic heterocycles. The van der Waals surface area contributed by atoms with E-state index in [1.54, 1.807) is 18.5 Å². The van der Waals surface area contributed by atoms with Gasteiger partial charge in [0.1, 0.15) is 6.07 Å². The fourth-order valence-electron chi connectivity index (χ4n) is 1.22. The van der Waals surface area contributed by atoms with Crippen molar-refractivity contribution in [2.75, 3.05) is 0 Å². The monoisotopic (exact) mass is 293 g/mol. The van der Waals surface area contributed by atoms with Gasteiger partial charge in [0.15, 0.2) is 5.82 Å². The van der Waals surface area contributed by atoms with Crippen molar-refractivity contribution in [2.24, 2.45) is 0 Å². The van der Waals surface area contributed by atoms with E-state index < -0.39 is 4.92 Å². The lowest BCUT2D eigenvalue weighted by atomic mass is 10.3. The minimum atomic E-state index is -0.645. The number of rotatable bonds is 2. The highest BCUT2D eigenvalue weighted by Gasteiger charge is 2.16. The van der Waals surface area contributed by atoms with Gasteiger partial charge in [-0.1, -0.05) is 0 Å². The van der Waals surface area contributed by atoms with Crippen LogP contribution in [0.1, 0.15) is 5.69 Å². The van der Waals surface area contributed by atoms with Crippen LogP contribution in [0.15, 0.2) is 29.0 Å². The molecule has 0 saturated heterocycles. The maximum atomic E-state index is 10.6. The summed E-state index contributed by atoms with van der Waals surface area (Å²) in [6.07, 6.45) is 3.18. The lowest BCUT2D eigenvalue weighted by Crippen LogP contribution is -2.02. The molecule has 7 nitrogen and oxygen atoms in total. The van der Waals surface area contributed by atoms with E-state index in [1.165, 1.54) is 16.8 Å². The van der Waals surface area contributed by atoms with Gasteiger partial charge >= 0.3 is 5.69 Å². The van der Waals surface area contributed by atoms with Crippen LogP contribution in [0.3, 0.4) is 0 Å². The number of pyridine rings is 1. The van der Waals surface area contributed by atoms with E-state index in [9.17, 15) is 10.1 Å². The Bertz CT molecular complexity index is 631. The average molecular weight is 294 g/mol. The van der Waals surface area contributed by atoms with E-state index in [1.807, 2.05) is 0 Å². The Kier molecular flexibility index (Phi) is 2.84. The minimum absolute atomic E-state index is 0.237. The SMILES string of the molecule is N#Cc1nc(-n2cc(Br)cn2)ccc1[N+](=O)[O-]. The largest absolute Gasteiger partial charge is 0.305 e. The summed E-state index contributed by atoms with van der Waals surface area (Å²) in [5, 5.41) is 23.4. The number of nitro groups is 1. The molecule has 0 amide bonds. The first-order valence-electron chi connectivity index (χ1n) is 4.38. The van der Waals surface area contributed by atoms with Crippen LogP contribution < -0.4 is 0 Å². The highest BCUT2D eigenvalue weighted by atomic mass is 79.9. The van der Waals surface area contributed by atoms with Crippen LogP contribution in [0.4, 0.5) is 5.69 Å². The Labute approximate surface area is 104 Å². The first-order chi connectivity index (χ1) is 8.11. The summed E-state index contributed by atoms with van der Waals surface area (Å²) in [6.45, 7) is 0. The summed E-state index contributed by atoms with van der Waals surface area (Å²) in [5.41, 5.74) is -0.554. The van der Waals surface area contributed by atoms with Crippen LogP contribution in [0.25, 0.3) is 5.82 Å². The van der Waals surface area contributed by atoms with Gasteiger partial charge in [-0.25, -0.2) is 9.67 Å². The Hall–Kier alpha value is -2.27. The van der Waals surface area contributed by atoms with Crippen LogP contribution in [0, 0.1) is 21.4 Å². The lowest BCUT2D eigenvalue weighted by Gasteiger charge is -2.00. The average Bonchev–Trinajstić information content (AvgIpc) is 2.75. The molecule has 0 N–H and O–H groups in total. The molecule has 0 aliphatic carbocycles. The van der Waals surface area contributed by atoms with Crippen LogP contribution in [0.2, 0.25) is 0 Å². The fraction of sp³-hybridized carbons (Fsp3) is 0. The van der Waals surface area contributed by atoms with Crippen LogP contribution in [-0.2, 0) is 0 Å². The molecule has 0 radical (unpaired) electrons. The van der Waals surface area contributed by atoms with E-state index in [-0.39, 0.29) is 11.4 Å². The van der Waals surface area contributed by atoms with Gasteiger partial charge in [0, 0.05) is 12.3 Å². The molecule has 2 rings (SSSR count). The lowest BCUT2D eigenvalue weighted by molar-refractivity contribution is -0.385. The second-order valence-corrected chi connectivity index (χ2v) is 3.92. The molecule has 17 heavy (non-hydrogen) atoms. The minimum Gasteiger partial charge on any atom is -0.258 e. The maximum absolute atomic E-state index is 10.6. The van der Waals surface area contributed by atoms with Gasteiger partial charge in [0.2, 0.25) is 5.69 Å². The van der Waals surface area contributed by atoms with E-state index >= 15 is 0 Å². The van der Waals surface area contributed by atoms with Crippen molar-refractivity contribution in [3.05, 3.63) is 44.8 Å². The van der Waals surface area contributed by atoms with Gasteiger partial charge in [-0.3, -0.25) is 10.1 Å². The second-order valence-electron chi connectivity index (χ2n) is 3.01. The molecule has 8 heteroatoms. The third-order valence-electron chi connectivity index (χ3n) is 1.95. The van der Waals surface area contributed by atoms with Crippen molar-refractivity contribution >= 4 is 21.6 Å². The van der Waals surface area contributed by atoms with Gasteiger partial charge in [0.05, 0.1) is 15.6 Å². The zero-order chi connectivity index (χ0) is 12.4. The molecule has 0 fully saturated rings. The molecular formula is C9H4BrN5O2. The van der Waals surface area contributed by atoms with Crippen molar-refractivity contribution in [1.82, 2.24) is 14.8 Å². The molecule has 2 aromatic rings. The van der Waals surface area contributed by atoms with Crippen molar-refractivity contribution in [3.8, 4) is 11.9 Å². The third kappa shape index (κ3) is 2.14. The number of nitriles is 1. The van der Waals surface area contributed by atoms with Gasteiger partial charge < -0.3 is 0 Å². The fourth-order valence-corrected chi connectivity index (χ4v) is 1.51. The number of nitrogens with zero attached hydrogens (tertiary/aromatic N) is 5. The number of hydrogen-bond donors (Lipinski definition) is 0. The standard InChI is InChI=1S/C9H4BrN5O2/c10-6-4-12-14(5-6)9-2-1-8(15(16)17)7(3-11)13-9/h1-2,4-5H. The summed E-state index contributed by atoms with van der Waals surface area (Å²) in [7, 11) is 0. The Morgan fingerprint density at radius 2 is 2.29 bits per heavy atom. The number of aromatic nitrogens is 3. The van der Waals surface area contributed by atoms with E-state index in [0.29, 0.717) is 5.82 Å². The van der Waals surface area contributed by atoms with Gasteiger partial charge in [-0.2, -0.15) is 10.4 Å². The molecule has 2 aromatic heterocycles. The Morgan fingerprint density at radius 3 is 2.82 bits per heavy atom. The summed E-state index contributed by atoms with van der Waals surface area (Å²) < 4.78 is 2.16. The molecule has 0 aromatic carbocycles. The van der Waals surface area contributed by atoms with Crippen molar-refractivity contribution in [1.29, 1.82) is 5.26 Å². The van der Waals surface area contributed by atoms with Crippen molar-refractivity contribution in [3.63, 3.8) is 0 Å². The summed E-state index contributed by atoms with van der Waals surface area (Å²) in [6, 6.07) is 4.35. The molecular weight excluding hydrogens is 290 g/mol. The van der Waals surface area contributed by atoms with Crippen LogP contribution in [-0.4, -0.2) is 19.7 Å². The predicted octanol–water partition coefficient (Wildman–Crippen LogP) is 1.81. The molecule has 0 aliphatic rings. The third-order valence-corrected chi connectivity index (χ3v) is 2.36. The van der Waals surface area contributed by atoms with Gasteiger partial charge in [-0.05, 0) is 22.0 Å². The smallest absolute Gasteiger partial charge is 0.258 e. The summed E-state index contributed by atoms with van der Waals surface area (Å²) >= 11 is 3.22. The van der Waals surface area contributed by atoms with E-state index in [2.05, 4.69) is 26.0 Å². The van der Waals surface area contributed by atoms with E-state index in [0.717, 1.165) is 4.47 Å². The highest BCUT2D eigenvalue weighted by Crippen LogP contribution is 2.18. The molecule has 2 heterocycles. The first kappa shape index (κ1) is 11.2. The molecule has 0 saturated carbocycles. The first-order valence-corrected chi connectivity index (χ1v) is 5.17. The normalized spacial score (nSPS) is 9.88. The Morgan fingerprint density at radius 1 is 1.53 bits per heavy atom. The zero-order valence-corrected chi connectivity index (χ0v) is 9.83. The van der Waals surface area contributed by atoms with E-state index in [4.69, 9.17) is 5.26 Å². The molecule has 84 valence electrons. The van der Waals surface area contributed by atoms with Crippen LogP contribution in [0.5, 0.6) is 0 Å². The van der Waals surface area contributed by atoms with Crippen LogP contribution >= 0.6 is 15.9 Å². The maximum Gasteiger partial charge on any atom is 0.305 e. The highest BCUT2D eigenvalue weighted by molar-refractivity contribution is 9.10. The summed E-state index contributed by atoms with van der Waals surface area (Å²) in [5.74, 6) is 0.345. The van der Waals surface area contributed by atoms with Gasteiger partial charge in [-0.15, -0.1) is 0 Å². The predicted molar refractivity (Wildman–Crippen MR) is 60.4 cm³/mol. The molecule has 0 atom stereocenters. The summed E-state index contributed by atoms with van der Waals surface area (Å²) in [4.78, 5) is 13.8. The zero-order valence-electron chi connectivity index (χ0n) is 8.24. The topological polar surface area (TPSA) is 97.6 Å².